The smallest absolute Gasteiger partial charge is 0.315 e. The molecule has 1 fully saturated rings. The normalized spacial score (nSPS) is 20.8. The number of likely N-dealkylation sites (tertiary alicyclic amines) is 1. The van der Waals surface area contributed by atoms with Gasteiger partial charge in [0.25, 0.3) is 0 Å². The fourth-order valence-corrected chi connectivity index (χ4v) is 2.20. The molecule has 116 valence electrons. The number of carboxylic acid groups (broad SMARTS) is 1. The quantitative estimate of drug-likeness (QED) is 0.710. The molecule has 1 heterocycles. The summed E-state index contributed by atoms with van der Waals surface area (Å²) in [5.74, 6) is -0.932. The van der Waals surface area contributed by atoms with Crippen LogP contribution >= 0.6 is 0 Å². The van der Waals surface area contributed by atoms with Crippen LogP contribution in [0.3, 0.4) is 0 Å². The third kappa shape index (κ3) is 3.62. The van der Waals surface area contributed by atoms with Gasteiger partial charge < -0.3 is 20.6 Å². The number of nitrogens with zero attached hydrogens (tertiary/aromatic N) is 1. The SMILES string of the molecule is CN1CCCC1CNC(=O)NC(C)(C)C(C)(C)C(=O)O. The van der Waals surface area contributed by atoms with Gasteiger partial charge in [-0.05, 0) is 54.1 Å². The van der Waals surface area contributed by atoms with E-state index < -0.39 is 16.9 Å². The van der Waals surface area contributed by atoms with E-state index in [1.165, 1.54) is 0 Å². The molecule has 1 aliphatic heterocycles. The first kappa shape index (κ1) is 16.8. The van der Waals surface area contributed by atoms with Crippen LogP contribution in [0.2, 0.25) is 0 Å². The van der Waals surface area contributed by atoms with E-state index in [1.807, 2.05) is 0 Å². The van der Waals surface area contributed by atoms with Crippen LogP contribution in [0, 0.1) is 5.41 Å². The van der Waals surface area contributed by atoms with Gasteiger partial charge in [-0.3, -0.25) is 4.79 Å². The van der Waals surface area contributed by atoms with Crippen molar-refractivity contribution in [3.63, 3.8) is 0 Å². The molecule has 0 radical (unpaired) electrons. The van der Waals surface area contributed by atoms with E-state index in [1.54, 1.807) is 27.7 Å². The molecule has 0 saturated carbocycles. The first-order valence-corrected chi connectivity index (χ1v) is 7.07. The summed E-state index contributed by atoms with van der Waals surface area (Å²) in [6.07, 6.45) is 2.24. The Morgan fingerprint density at radius 2 is 1.90 bits per heavy atom. The summed E-state index contributed by atoms with van der Waals surface area (Å²) in [5.41, 5.74) is -1.89. The molecule has 0 aromatic rings. The van der Waals surface area contributed by atoms with Gasteiger partial charge in [-0.1, -0.05) is 0 Å². The van der Waals surface area contributed by atoms with E-state index in [0.29, 0.717) is 12.6 Å². The highest BCUT2D eigenvalue weighted by molar-refractivity contribution is 5.79. The minimum Gasteiger partial charge on any atom is -0.481 e. The highest BCUT2D eigenvalue weighted by Crippen LogP contribution is 2.30. The van der Waals surface area contributed by atoms with Crippen molar-refractivity contribution in [3.8, 4) is 0 Å². The van der Waals surface area contributed by atoms with Gasteiger partial charge in [-0.15, -0.1) is 0 Å². The molecular weight excluding hydrogens is 258 g/mol. The first-order valence-electron chi connectivity index (χ1n) is 7.07. The molecule has 1 saturated heterocycles. The van der Waals surface area contributed by atoms with Crippen molar-refractivity contribution in [3.05, 3.63) is 0 Å². The number of carboxylic acids is 1. The molecule has 1 rings (SSSR count). The minimum atomic E-state index is -1.05. The zero-order valence-electron chi connectivity index (χ0n) is 13.1. The molecule has 1 aliphatic rings. The van der Waals surface area contributed by atoms with Gasteiger partial charge in [0.15, 0.2) is 0 Å². The van der Waals surface area contributed by atoms with Crippen LogP contribution in [0.25, 0.3) is 0 Å². The van der Waals surface area contributed by atoms with E-state index in [0.717, 1.165) is 19.4 Å². The summed E-state index contributed by atoms with van der Waals surface area (Å²) in [4.78, 5) is 25.5. The number of aliphatic carboxylic acids is 1. The largest absolute Gasteiger partial charge is 0.481 e. The topological polar surface area (TPSA) is 81.7 Å². The van der Waals surface area contributed by atoms with Gasteiger partial charge >= 0.3 is 12.0 Å². The average molecular weight is 285 g/mol. The van der Waals surface area contributed by atoms with Gasteiger partial charge in [0.2, 0.25) is 0 Å². The number of urea groups is 1. The van der Waals surface area contributed by atoms with Crippen LogP contribution in [-0.4, -0.2) is 53.7 Å². The van der Waals surface area contributed by atoms with E-state index in [-0.39, 0.29) is 6.03 Å². The van der Waals surface area contributed by atoms with Crippen molar-refractivity contribution < 1.29 is 14.7 Å². The zero-order chi connectivity index (χ0) is 15.6. The molecule has 20 heavy (non-hydrogen) atoms. The Morgan fingerprint density at radius 1 is 1.30 bits per heavy atom. The summed E-state index contributed by atoms with van der Waals surface area (Å²) in [6, 6.07) is 0.0565. The van der Waals surface area contributed by atoms with Gasteiger partial charge in [0.1, 0.15) is 0 Å². The van der Waals surface area contributed by atoms with Gasteiger partial charge in [0.05, 0.1) is 11.0 Å². The third-order valence-corrected chi connectivity index (χ3v) is 4.69. The highest BCUT2D eigenvalue weighted by Gasteiger charge is 2.44. The number of likely N-dealkylation sites (N-methyl/N-ethyl adjacent to an activating group) is 1. The maximum Gasteiger partial charge on any atom is 0.315 e. The number of amides is 2. The van der Waals surface area contributed by atoms with Crippen LogP contribution < -0.4 is 10.6 Å². The second-order valence-electron chi connectivity index (χ2n) is 6.67. The van der Waals surface area contributed by atoms with Crippen LogP contribution in [0.15, 0.2) is 0 Å². The van der Waals surface area contributed by atoms with Gasteiger partial charge in [0, 0.05) is 12.6 Å². The van der Waals surface area contributed by atoms with Crippen molar-refractivity contribution in [2.45, 2.75) is 52.1 Å². The maximum atomic E-state index is 12.0. The molecule has 0 aliphatic carbocycles. The summed E-state index contributed by atoms with van der Waals surface area (Å²) in [5, 5.41) is 14.9. The lowest BCUT2D eigenvalue weighted by Crippen LogP contribution is -2.59. The standard InChI is InChI=1S/C14H27N3O3/c1-13(2,11(18)19)14(3,4)16-12(20)15-9-10-7-6-8-17(10)5/h10H,6-9H2,1-5H3,(H,18,19)(H2,15,16,20). The summed E-state index contributed by atoms with van der Waals surface area (Å²) < 4.78 is 0. The third-order valence-electron chi connectivity index (χ3n) is 4.69. The van der Waals surface area contributed by atoms with Crippen LogP contribution in [0.5, 0.6) is 0 Å². The average Bonchev–Trinajstić information content (AvgIpc) is 2.71. The molecule has 6 heteroatoms. The Labute approximate surface area is 120 Å². The Bertz CT molecular complexity index is 380. The molecule has 0 aromatic heterocycles. The van der Waals surface area contributed by atoms with Crippen LogP contribution in [-0.2, 0) is 4.79 Å². The van der Waals surface area contributed by atoms with E-state index in [9.17, 15) is 14.7 Å². The molecule has 1 atom stereocenters. The second kappa shape index (κ2) is 5.99. The zero-order valence-corrected chi connectivity index (χ0v) is 13.1. The molecule has 6 nitrogen and oxygen atoms in total. The van der Waals surface area contributed by atoms with E-state index >= 15 is 0 Å². The maximum absolute atomic E-state index is 12.0. The fourth-order valence-electron chi connectivity index (χ4n) is 2.20. The number of nitrogens with one attached hydrogen (secondary N) is 2. The Morgan fingerprint density at radius 3 is 2.35 bits per heavy atom. The van der Waals surface area contributed by atoms with Crippen molar-refractivity contribution in [1.29, 1.82) is 0 Å². The van der Waals surface area contributed by atoms with Crippen LogP contribution in [0.4, 0.5) is 4.79 Å². The van der Waals surface area contributed by atoms with Crippen LogP contribution in [0.1, 0.15) is 40.5 Å². The van der Waals surface area contributed by atoms with Gasteiger partial charge in [-0.25, -0.2) is 4.79 Å². The van der Waals surface area contributed by atoms with Crippen molar-refractivity contribution >= 4 is 12.0 Å². The first-order chi connectivity index (χ1) is 9.08. The summed E-state index contributed by atoms with van der Waals surface area (Å²) >= 11 is 0. The number of rotatable bonds is 5. The fraction of sp³-hybridized carbons (Fsp3) is 0.857. The van der Waals surface area contributed by atoms with E-state index in [4.69, 9.17) is 0 Å². The lowest BCUT2D eigenvalue weighted by Gasteiger charge is -2.38. The molecule has 0 spiro atoms. The summed E-state index contributed by atoms with van der Waals surface area (Å²) in [7, 11) is 2.05. The Hall–Kier alpha value is -1.30. The molecule has 2 amide bonds. The number of hydrogen-bond donors (Lipinski definition) is 3. The molecule has 3 N–H and O–H groups in total. The van der Waals surface area contributed by atoms with E-state index in [2.05, 4.69) is 22.6 Å². The lowest BCUT2D eigenvalue weighted by molar-refractivity contribution is -0.150. The highest BCUT2D eigenvalue weighted by atomic mass is 16.4. The molecule has 0 aromatic carbocycles. The number of hydrogen-bond acceptors (Lipinski definition) is 3. The Kier molecular flexibility index (Phi) is 5.02. The number of carbonyl (C=O) groups is 2. The molecule has 1 unspecified atom stereocenters. The Balaban J connectivity index is 2.51. The molecular formula is C14H27N3O3. The van der Waals surface area contributed by atoms with Crippen molar-refractivity contribution in [2.75, 3.05) is 20.1 Å². The summed E-state index contributed by atoms with van der Waals surface area (Å²) in [6.45, 7) is 8.32. The van der Waals surface area contributed by atoms with Crippen molar-refractivity contribution in [2.24, 2.45) is 5.41 Å². The monoisotopic (exact) mass is 285 g/mol. The minimum absolute atomic E-state index is 0.315. The lowest BCUT2D eigenvalue weighted by atomic mass is 9.74. The van der Waals surface area contributed by atoms with Crippen molar-refractivity contribution in [1.82, 2.24) is 15.5 Å². The number of carbonyl (C=O) groups excluding carboxylic acids is 1. The predicted octanol–water partition coefficient (Wildman–Crippen LogP) is 1.27. The van der Waals surface area contributed by atoms with Gasteiger partial charge in [-0.2, -0.15) is 0 Å². The second-order valence-corrected chi connectivity index (χ2v) is 6.67. The molecule has 0 bridgehead atoms. The predicted molar refractivity (Wildman–Crippen MR) is 77.7 cm³/mol.